The van der Waals surface area contributed by atoms with Gasteiger partial charge in [-0.15, -0.1) is 0 Å². The summed E-state index contributed by atoms with van der Waals surface area (Å²) in [5.74, 6) is 2.13. The second-order valence-corrected chi connectivity index (χ2v) is 16.9. The highest BCUT2D eigenvalue weighted by Gasteiger charge is 2.29. The molecule has 3 heterocycles. The Kier molecular flexibility index (Phi) is 29.2. The van der Waals surface area contributed by atoms with E-state index in [0.717, 1.165) is 34.9 Å². The van der Waals surface area contributed by atoms with Crippen LogP contribution < -0.4 is 15.5 Å². The lowest BCUT2D eigenvalue weighted by atomic mass is 10.3. The van der Waals surface area contributed by atoms with E-state index < -0.39 is 0 Å². The minimum atomic E-state index is -0.0677. The number of benzene rings is 1. The molecule has 1 saturated heterocycles. The zero-order chi connectivity index (χ0) is 49.1. The van der Waals surface area contributed by atoms with Crippen LogP contribution in [-0.4, -0.2) is 222 Å². The van der Waals surface area contributed by atoms with Crippen molar-refractivity contribution in [2.24, 2.45) is 5.92 Å². The van der Waals surface area contributed by atoms with Crippen LogP contribution in [0.5, 0.6) is 0 Å². The van der Waals surface area contributed by atoms with Crippen LogP contribution in [0.1, 0.15) is 18.5 Å². The van der Waals surface area contributed by atoms with Crippen LogP contribution in [0.4, 0.5) is 23.1 Å². The molecule has 0 unspecified atom stereocenters. The van der Waals surface area contributed by atoms with E-state index in [9.17, 15) is 9.59 Å². The summed E-state index contributed by atoms with van der Waals surface area (Å²) in [6.07, 6.45) is 1.91. The summed E-state index contributed by atoms with van der Waals surface area (Å²) in [6.45, 7) is 14.7. The second-order valence-electron chi connectivity index (χ2n) is 15.9. The summed E-state index contributed by atoms with van der Waals surface area (Å²) in [6, 6.07) is 11.5. The first-order valence-corrected chi connectivity index (χ1v) is 24.9. The van der Waals surface area contributed by atoms with E-state index in [1.165, 1.54) is 11.8 Å². The van der Waals surface area contributed by atoms with Crippen molar-refractivity contribution in [2.45, 2.75) is 29.8 Å². The molecule has 2 amide bonds. The van der Waals surface area contributed by atoms with Gasteiger partial charge >= 0.3 is 0 Å². The Balaban J connectivity index is 0.789. The third-order valence-corrected chi connectivity index (χ3v) is 11.1. The largest absolute Gasteiger partial charge is 0.382 e. The first-order chi connectivity index (χ1) is 34.5. The van der Waals surface area contributed by atoms with E-state index in [1.54, 1.807) is 7.11 Å². The lowest BCUT2D eigenvalue weighted by Crippen LogP contribution is -2.50. The number of carbonyl (C=O) groups is 2. The van der Waals surface area contributed by atoms with Gasteiger partial charge in [0.25, 0.3) is 0 Å². The van der Waals surface area contributed by atoms with Crippen molar-refractivity contribution in [2.75, 3.05) is 201 Å². The summed E-state index contributed by atoms with van der Waals surface area (Å²) >= 11 is 1.43. The number of aromatic amines is 1. The van der Waals surface area contributed by atoms with E-state index >= 15 is 0 Å². The topological polar surface area (TPSA) is 230 Å². The maximum atomic E-state index is 13.0. The third-order valence-electron chi connectivity index (χ3n) is 10.3. The molecule has 22 nitrogen and oxygen atoms in total. The van der Waals surface area contributed by atoms with Crippen LogP contribution in [0, 0.1) is 12.8 Å². The lowest BCUT2D eigenvalue weighted by molar-refractivity contribution is -0.137. The van der Waals surface area contributed by atoms with Gasteiger partial charge in [-0.1, -0.05) is 0 Å². The van der Waals surface area contributed by atoms with Crippen molar-refractivity contribution in [3.05, 3.63) is 42.1 Å². The molecule has 1 aromatic carbocycles. The second kappa shape index (κ2) is 35.9. The van der Waals surface area contributed by atoms with Crippen LogP contribution in [0.2, 0.25) is 0 Å². The molecule has 1 saturated carbocycles. The van der Waals surface area contributed by atoms with E-state index in [2.05, 4.69) is 25.7 Å². The summed E-state index contributed by atoms with van der Waals surface area (Å²) < 4.78 is 65.4. The smallest absolute Gasteiger partial charge is 0.248 e. The Hall–Kier alpha value is -4.08. The standard InChI is InChI=1S/C47H74N8O14S/c1-38-35-43(53-52-38)49-42-36-44(51-47(50-42)70-41-7-5-40(6-8-41)48-46(57)39-3-4-39)54-9-11-55(12-10-54)45(56)37-69-34-33-68-32-31-67-30-29-66-28-27-65-26-25-64-24-23-63-22-21-62-20-19-61-18-17-60-16-15-59-14-13-58-2/h5-8,35-36,39H,3-4,9-34,37H2,1-2H3,(H,48,57)(H2,49,50,51,52,53). The Labute approximate surface area is 415 Å². The molecule has 23 heteroatoms. The van der Waals surface area contributed by atoms with Gasteiger partial charge in [0.2, 0.25) is 11.8 Å². The zero-order valence-corrected chi connectivity index (χ0v) is 41.7. The van der Waals surface area contributed by atoms with Gasteiger partial charge in [0.05, 0.1) is 145 Å². The average molecular weight is 1010 g/mol. The van der Waals surface area contributed by atoms with Gasteiger partial charge in [0.1, 0.15) is 18.2 Å². The number of aromatic nitrogens is 4. The van der Waals surface area contributed by atoms with Gasteiger partial charge in [-0.05, 0) is 55.8 Å². The number of rotatable bonds is 42. The molecule has 1 aliphatic carbocycles. The zero-order valence-electron chi connectivity index (χ0n) is 40.9. The van der Waals surface area contributed by atoms with Crippen molar-refractivity contribution in [3.63, 3.8) is 0 Å². The Bertz CT molecular complexity index is 1840. The van der Waals surface area contributed by atoms with E-state index in [-0.39, 0.29) is 24.3 Å². The van der Waals surface area contributed by atoms with Crippen molar-refractivity contribution in [3.8, 4) is 0 Å². The average Bonchev–Trinajstić information content (AvgIpc) is 4.15. The number of aryl methyl sites for hydroxylation is 1. The van der Waals surface area contributed by atoms with Gasteiger partial charge < -0.3 is 77.3 Å². The molecule has 5 rings (SSSR count). The van der Waals surface area contributed by atoms with Crippen molar-refractivity contribution < 1.29 is 66.4 Å². The van der Waals surface area contributed by atoms with E-state index in [1.807, 2.05) is 48.2 Å². The molecular formula is C47H74N8O14S. The summed E-state index contributed by atoms with van der Waals surface area (Å²) in [4.78, 5) is 39.7. The van der Waals surface area contributed by atoms with E-state index in [4.69, 9.17) is 66.8 Å². The van der Waals surface area contributed by atoms with Gasteiger partial charge in [-0.3, -0.25) is 14.7 Å². The highest BCUT2D eigenvalue weighted by Crippen LogP contribution is 2.32. The first kappa shape index (κ1) is 56.8. The van der Waals surface area contributed by atoms with Crippen molar-refractivity contribution in [1.82, 2.24) is 25.1 Å². The Morgan fingerprint density at radius 1 is 0.600 bits per heavy atom. The monoisotopic (exact) mass is 1010 g/mol. The predicted octanol–water partition coefficient (Wildman–Crippen LogP) is 3.23. The number of amides is 2. The number of methoxy groups -OCH3 is 1. The molecule has 0 bridgehead atoms. The fraction of sp³-hybridized carbons (Fsp3) is 0.681. The number of nitrogens with one attached hydrogen (secondary N) is 3. The van der Waals surface area contributed by atoms with Crippen LogP contribution >= 0.6 is 11.8 Å². The van der Waals surface area contributed by atoms with Crippen LogP contribution in [0.3, 0.4) is 0 Å². The number of anilines is 4. The van der Waals surface area contributed by atoms with E-state index in [0.29, 0.717) is 188 Å². The van der Waals surface area contributed by atoms with Gasteiger partial charge in [0.15, 0.2) is 11.0 Å². The molecule has 392 valence electrons. The number of piperazine rings is 1. The molecule has 70 heavy (non-hydrogen) atoms. The van der Waals surface area contributed by atoms with Gasteiger partial charge in [-0.25, -0.2) is 9.97 Å². The fourth-order valence-corrected chi connectivity index (χ4v) is 7.14. The highest BCUT2D eigenvalue weighted by atomic mass is 32.2. The summed E-state index contributed by atoms with van der Waals surface area (Å²) in [5, 5.41) is 14.1. The summed E-state index contributed by atoms with van der Waals surface area (Å²) in [5.41, 5.74) is 1.69. The highest BCUT2D eigenvalue weighted by molar-refractivity contribution is 7.99. The van der Waals surface area contributed by atoms with Crippen LogP contribution in [-0.2, 0) is 66.4 Å². The third kappa shape index (κ3) is 25.3. The minimum absolute atomic E-state index is 0.0157. The first-order valence-electron chi connectivity index (χ1n) is 24.1. The number of carbonyl (C=O) groups excluding carboxylic acids is 2. The molecule has 3 N–H and O–H groups in total. The number of H-pyrrole nitrogens is 1. The number of hydrogen-bond acceptors (Lipinski definition) is 20. The maximum Gasteiger partial charge on any atom is 0.248 e. The van der Waals surface area contributed by atoms with Crippen molar-refractivity contribution in [1.29, 1.82) is 0 Å². The summed E-state index contributed by atoms with van der Waals surface area (Å²) in [7, 11) is 1.64. The number of hydrogen-bond donors (Lipinski definition) is 3. The van der Waals surface area contributed by atoms with Crippen molar-refractivity contribution >= 4 is 46.7 Å². The molecule has 1 aliphatic heterocycles. The molecule has 2 fully saturated rings. The quantitative estimate of drug-likeness (QED) is 0.0547. The molecule has 2 aliphatic rings. The Morgan fingerprint density at radius 2 is 1.06 bits per heavy atom. The lowest BCUT2D eigenvalue weighted by Gasteiger charge is -2.35. The molecule has 2 aromatic heterocycles. The molecule has 0 atom stereocenters. The fourth-order valence-electron chi connectivity index (χ4n) is 6.38. The molecular weight excluding hydrogens is 933 g/mol. The molecule has 0 spiro atoms. The minimum Gasteiger partial charge on any atom is -0.382 e. The van der Waals surface area contributed by atoms with Crippen LogP contribution in [0.25, 0.3) is 0 Å². The van der Waals surface area contributed by atoms with Gasteiger partial charge in [0, 0.05) is 67.6 Å². The maximum absolute atomic E-state index is 13.0. The predicted molar refractivity (Wildman–Crippen MR) is 260 cm³/mol. The normalized spacial score (nSPS) is 13.9. The number of nitrogens with zero attached hydrogens (tertiary/aromatic N) is 5. The van der Waals surface area contributed by atoms with Crippen LogP contribution in [0.15, 0.2) is 46.5 Å². The molecule has 3 aromatic rings. The SMILES string of the molecule is COCCOCCOCCOCCOCCOCCOCCOCCOCCOCCOCCOCC(=O)N1CCN(c2cc(Nc3cc(C)[nH]n3)nc(Sc3ccc(NC(=O)C4CC4)cc3)n2)CC1. The Morgan fingerprint density at radius 3 is 1.49 bits per heavy atom. The molecule has 0 radical (unpaired) electrons. The van der Waals surface area contributed by atoms with Gasteiger partial charge in [-0.2, -0.15) is 5.10 Å². The number of ether oxygens (including phenoxy) is 12.